The molecule has 16 heavy (non-hydrogen) atoms. The molecule has 0 spiro atoms. The first kappa shape index (κ1) is 12.9. The molecule has 0 aliphatic heterocycles. The van der Waals surface area contributed by atoms with E-state index in [-0.39, 0.29) is 12.8 Å². The lowest BCUT2D eigenvalue weighted by Gasteiger charge is -2.33. The maximum atomic E-state index is 11.4. The van der Waals surface area contributed by atoms with Crippen LogP contribution in [-0.4, -0.2) is 48.6 Å². The zero-order chi connectivity index (χ0) is 12.3. The second kappa shape index (κ2) is 5.27. The Morgan fingerprint density at radius 1 is 0.938 bits per heavy atom. The third kappa shape index (κ3) is 2.51. The monoisotopic (exact) mass is 232 g/mol. The van der Waals surface area contributed by atoms with Gasteiger partial charge in [-0.15, -0.1) is 0 Å². The normalized spacial score (nSPS) is 34.2. The molecule has 1 fully saturated rings. The molecule has 0 unspecified atom stereocenters. The highest BCUT2D eigenvalue weighted by molar-refractivity contribution is 5.82. The molecule has 0 aromatic carbocycles. The molecule has 0 aromatic heterocycles. The number of ether oxygens (including phenoxy) is 2. The largest absolute Gasteiger partial charge is 0.469 e. The quantitative estimate of drug-likeness (QED) is 0.598. The highest BCUT2D eigenvalue weighted by Gasteiger charge is 2.44. The van der Waals surface area contributed by atoms with Crippen LogP contribution in [0, 0.1) is 11.8 Å². The van der Waals surface area contributed by atoms with E-state index in [9.17, 15) is 19.8 Å². The molecule has 0 radical (unpaired) electrons. The molecule has 0 bridgehead atoms. The minimum atomic E-state index is -1.01. The molecule has 4 atom stereocenters. The fourth-order valence-electron chi connectivity index (χ4n) is 1.99. The van der Waals surface area contributed by atoms with E-state index in [0.29, 0.717) is 0 Å². The van der Waals surface area contributed by atoms with Crippen molar-refractivity contribution in [2.24, 2.45) is 11.8 Å². The first-order valence-corrected chi connectivity index (χ1v) is 5.03. The average molecular weight is 232 g/mol. The van der Waals surface area contributed by atoms with Crippen LogP contribution in [0.2, 0.25) is 0 Å². The van der Waals surface area contributed by atoms with E-state index in [0.717, 1.165) is 0 Å². The van der Waals surface area contributed by atoms with Gasteiger partial charge in [-0.1, -0.05) is 0 Å². The summed E-state index contributed by atoms with van der Waals surface area (Å²) in [5.41, 5.74) is 0. The second-order valence-electron chi connectivity index (χ2n) is 3.87. The van der Waals surface area contributed by atoms with Gasteiger partial charge in [0.1, 0.15) is 0 Å². The van der Waals surface area contributed by atoms with E-state index < -0.39 is 36.0 Å². The molecule has 0 heterocycles. The Morgan fingerprint density at radius 2 is 1.25 bits per heavy atom. The molecule has 1 rings (SSSR count). The van der Waals surface area contributed by atoms with Gasteiger partial charge in [-0.2, -0.15) is 0 Å². The van der Waals surface area contributed by atoms with Crippen molar-refractivity contribution in [3.8, 4) is 0 Å². The van der Waals surface area contributed by atoms with Crippen LogP contribution in [0.4, 0.5) is 0 Å². The van der Waals surface area contributed by atoms with Gasteiger partial charge in [-0.05, 0) is 12.8 Å². The number of hydrogen-bond acceptors (Lipinski definition) is 6. The third-order valence-corrected chi connectivity index (χ3v) is 2.93. The van der Waals surface area contributed by atoms with Crippen LogP contribution in [-0.2, 0) is 19.1 Å². The Bertz CT molecular complexity index is 248. The van der Waals surface area contributed by atoms with Crippen LogP contribution in [0.15, 0.2) is 0 Å². The number of hydrogen-bond donors (Lipinski definition) is 2. The number of esters is 2. The second-order valence-corrected chi connectivity index (χ2v) is 3.87. The maximum absolute atomic E-state index is 11.4. The van der Waals surface area contributed by atoms with Gasteiger partial charge < -0.3 is 19.7 Å². The fourth-order valence-corrected chi connectivity index (χ4v) is 1.99. The number of carbonyl (C=O) groups is 2. The summed E-state index contributed by atoms with van der Waals surface area (Å²) in [6, 6.07) is 0. The average Bonchev–Trinajstić information content (AvgIpc) is 2.30. The lowest BCUT2D eigenvalue weighted by molar-refractivity contribution is -0.166. The lowest BCUT2D eigenvalue weighted by atomic mass is 9.76. The summed E-state index contributed by atoms with van der Waals surface area (Å²) < 4.78 is 9.12. The van der Waals surface area contributed by atoms with E-state index in [4.69, 9.17) is 0 Å². The minimum absolute atomic E-state index is 0.00755. The SMILES string of the molecule is COC(=O)[C@H]1C[C@@H](O)[C@@H](O)C[C@H]1C(=O)OC. The smallest absolute Gasteiger partial charge is 0.309 e. The first-order chi connectivity index (χ1) is 7.51. The molecule has 0 amide bonds. The maximum Gasteiger partial charge on any atom is 0.309 e. The van der Waals surface area contributed by atoms with E-state index in [1.165, 1.54) is 14.2 Å². The van der Waals surface area contributed by atoms with Gasteiger partial charge >= 0.3 is 11.9 Å². The molecule has 1 aliphatic carbocycles. The lowest BCUT2D eigenvalue weighted by Crippen LogP contribution is -2.45. The van der Waals surface area contributed by atoms with E-state index in [1.807, 2.05) is 0 Å². The summed E-state index contributed by atoms with van der Waals surface area (Å²) in [4.78, 5) is 22.9. The Kier molecular flexibility index (Phi) is 4.26. The Hall–Kier alpha value is -1.14. The topological polar surface area (TPSA) is 93.1 Å². The summed E-state index contributed by atoms with van der Waals surface area (Å²) in [7, 11) is 2.43. The summed E-state index contributed by atoms with van der Waals surface area (Å²) in [6.07, 6.45) is -2.00. The Balaban J connectivity index is 2.83. The molecule has 92 valence electrons. The molecular weight excluding hydrogens is 216 g/mol. The molecule has 6 heteroatoms. The van der Waals surface area contributed by atoms with Gasteiger partial charge in [0.15, 0.2) is 0 Å². The van der Waals surface area contributed by atoms with Crippen LogP contribution in [0.25, 0.3) is 0 Å². The van der Waals surface area contributed by atoms with Gasteiger partial charge in [0.2, 0.25) is 0 Å². The van der Waals surface area contributed by atoms with Gasteiger partial charge in [0.05, 0.1) is 38.3 Å². The van der Waals surface area contributed by atoms with Gasteiger partial charge in [0.25, 0.3) is 0 Å². The highest BCUT2D eigenvalue weighted by Crippen LogP contribution is 2.32. The van der Waals surface area contributed by atoms with Crippen molar-refractivity contribution in [3.05, 3.63) is 0 Å². The predicted molar refractivity (Wildman–Crippen MR) is 52.3 cm³/mol. The molecule has 2 N–H and O–H groups in total. The van der Waals surface area contributed by atoms with Crippen LogP contribution in [0.1, 0.15) is 12.8 Å². The van der Waals surface area contributed by atoms with Crippen LogP contribution in [0.5, 0.6) is 0 Å². The van der Waals surface area contributed by atoms with Crippen molar-refractivity contribution in [2.75, 3.05) is 14.2 Å². The molecular formula is C10H16O6. The minimum Gasteiger partial charge on any atom is -0.469 e. The van der Waals surface area contributed by atoms with Crippen LogP contribution < -0.4 is 0 Å². The number of aliphatic hydroxyl groups is 2. The van der Waals surface area contributed by atoms with Gasteiger partial charge in [0, 0.05) is 0 Å². The van der Waals surface area contributed by atoms with Crippen molar-refractivity contribution in [1.82, 2.24) is 0 Å². The predicted octanol–water partition coefficient (Wildman–Crippen LogP) is -0.920. The van der Waals surface area contributed by atoms with Crippen LogP contribution >= 0.6 is 0 Å². The standard InChI is InChI=1S/C10H16O6/c1-15-9(13)5-3-7(11)8(12)4-6(5)10(14)16-2/h5-8,11-12H,3-4H2,1-2H3/t5-,6+,7+,8-. The van der Waals surface area contributed by atoms with E-state index in [1.54, 1.807) is 0 Å². The van der Waals surface area contributed by atoms with E-state index in [2.05, 4.69) is 9.47 Å². The third-order valence-electron chi connectivity index (χ3n) is 2.93. The molecule has 0 aromatic rings. The summed E-state index contributed by atoms with van der Waals surface area (Å²) >= 11 is 0. The van der Waals surface area contributed by atoms with Crippen molar-refractivity contribution in [2.45, 2.75) is 25.0 Å². The molecule has 1 saturated carbocycles. The summed E-state index contributed by atoms with van der Waals surface area (Å²) in [5.74, 6) is -2.64. The highest BCUT2D eigenvalue weighted by atomic mass is 16.5. The summed E-state index contributed by atoms with van der Waals surface area (Å²) in [5, 5.41) is 18.9. The van der Waals surface area contributed by atoms with Crippen molar-refractivity contribution < 1.29 is 29.3 Å². The van der Waals surface area contributed by atoms with Gasteiger partial charge in [-0.25, -0.2) is 0 Å². The summed E-state index contributed by atoms with van der Waals surface area (Å²) in [6.45, 7) is 0. The van der Waals surface area contributed by atoms with Crippen molar-refractivity contribution in [1.29, 1.82) is 0 Å². The Labute approximate surface area is 93.2 Å². The number of rotatable bonds is 2. The number of aliphatic hydroxyl groups excluding tert-OH is 2. The zero-order valence-electron chi connectivity index (χ0n) is 9.25. The Morgan fingerprint density at radius 3 is 1.50 bits per heavy atom. The number of carbonyl (C=O) groups excluding carboxylic acids is 2. The van der Waals surface area contributed by atoms with Crippen molar-refractivity contribution >= 4 is 11.9 Å². The van der Waals surface area contributed by atoms with Gasteiger partial charge in [-0.3, -0.25) is 9.59 Å². The molecule has 6 nitrogen and oxygen atoms in total. The van der Waals surface area contributed by atoms with Crippen molar-refractivity contribution in [3.63, 3.8) is 0 Å². The zero-order valence-corrected chi connectivity index (χ0v) is 9.25. The fraction of sp³-hybridized carbons (Fsp3) is 0.800. The van der Waals surface area contributed by atoms with E-state index >= 15 is 0 Å². The molecule has 1 aliphatic rings. The number of methoxy groups -OCH3 is 2. The molecule has 0 saturated heterocycles. The first-order valence-electron chi connectivity index (χ1n) is 5.03. The van der Waals surface area contributed by atoms with Crippen LogP contribution in [0.3, 0.4) is 0 Å².